The molecule has 2 aromatic carbocycles. The number of aryl methyl sites for hydroxylation is 1. The predicted molar refractivity (Wildman–Crippen MR) is 103 cm³/mol. The van der Waals surface area contributed by atoms with Crippen LogP contribution in [0.25, 0.3) is 0 Å². The monoisotopic (exact) mass is 368 g/mol. The van der Waals surface area contributed by atoms with Crippen LogP contribution in [-0.2, 0) is 4.79 Å². The first-order valence-corrected chi connectivity index (χ1v) is 9.08. The first-order valence-electron chi connectivity index (χ1n) is 9.08. The lowest BCUT2D eigenvalue weighted by Gasteiger charge is -2.36. The van der Waals surface area contributed by atoms with Gasteiger partial charge >= 0.3 is 5.97 Å². The molecule has 2 aromatic rings. The lowest BCUT2D eigenvalue weighted by Crippen LogP contribution is -2.49. The zero-order chi connectivity index (χ0) is 19.2. The number of carboxylic acid groups (broad SMARTS) is 1. The molecular formula is C21H24N2O4. The van der Waals surface area contributed by atoms with Gasteiger partial charge in [-0.25, -0.2) is 4.79 Å². The summed E-state index contributed by atoms with van der Waals surface area (Å²) in [6.07, 6.45) is 0.350. The van der Waals surface area contributed by atoms with E-state index in [1.807, 2.05) is 42.2 Å². The van der Waals surface area contributed by atoms with Crippen molar-refractivity contribution >= 4 is 17.6 Å². The summed E-state index contributed by atoms with van der Waals surface area (Å²) >= 11 is 0. The molecule has 1 aliphatic rings. The van der Waals surface area contributed by atoms with E-state index in [0.717, 1.165) is 11.4 Å². The van der Waals surface area contributed by atoms with E-state index < -0.39 is 5.97 Å². The van der Waals surface area contributed by atoms with Crippen LogP contribution in [0.2, 0.25) is 0 Å². The fraction of sp³-hybridized carbons (Fsp3) is 0.333. The summed E-state index contributed by atoms with van der Waals surface area (Å²) in [6.45, 7) is 5.01. The SMILES string of the molecule is Cc1ccc(OCCC(=O)N2CCN(c3cccc(C(=O)O)c3)CC2)cc1. The Morgan fingerprint density at radius 1 is 1.04 bits per heavy atom. The molecule has 0 bridgehead atoms. The van der Waals surface area contributed by atoms with Crippen LogP contribution >= 0.6 is 0 Å². The summed E-state index contributed by atoms with van der Waals surface area (Å²) in [6, 6.07) is 14.7. The lowest BCUT2D eigenvalue weighted by atomic mass is 10.1. The molecule has 0 atom stereocenters. The third-order valence-electron chi connectivity index (χ3n) is 4.70. The number of carboxylic acids is 1. The van der Waals surface area contributed by atoms with Gasteiger partial charge in [0.2, 0.25) is 5.91 Å². The molecular weight excluding hydrogens is 344 g/mol. The van der Waals surface area contributed by atoms with Crippen molar-refractivity contribution in [2.24, 2.45) is 0 Å². The van der Waals surface area contributed by atoms with Crippen molar-refractivity contribution in [2.75, 3.05) is 37.7 Å². The van der Waals surface area contributed by atoms with E-state index in [1.165, 1.54) is 5.56 Å². The Morgan fingerprint density at radius 2 is 1.74 bits per heavy atom. The smallest absolute Gasteiger partial charge is 0.335 e. The average Bonchev–Trinajstić information content (AvgIpc) is 2.69. The molecule has 142 valence electrons. The average molecular weight is 368 g/mol. The van der Waals surface area contributed by atoms with Crippen LogP contribution in [0.4, 0.5) is 5.69 Å². The maximum absolute atomic E-state index is 12.4. The Kier molecular flexibility index (Phi) is 5.96. The molecule has 0 aliphatic carbocycles. The van der Waals surface area contributed by atoms with Gasteiger partial charge < -0.3 is 19.6 Å². The van der Waals surface area contributed by atoms with Crippen molar-refractivity contribution in [2.45, 2.75) is 13.3 Å². The highest BCUT2D eigenvalue weighted by Gasteiger charge is 2.21. The van der Waals surface area contributed by atoms with Crippen LogP contribution < -0.4 is 9.64 Å². The third-order valence-corrected chi connectivity index (χ3v) is 4.70. The predicted octanol–water partition coefficient (Wildman–Crippen LogP) is 2.81. The first-order chi connectivity index (χ1) is 13.0. The Hall–Kier alpha value is -3.02. The van der Waals surface area contributed by atoms with Gasteiger partial charge in [-0.2, -0.15) is 0 Å². The van der Waals surface area contributed by atoms with Crippen LogP contribution in [0.3, 0.4) is 0 Å². The number of piperazine rings is 1. The van der Waals surface area contributed by atoms with E-state index >= 15 is 0 Å². The molecule has 1 heterocycles. The summed E-state index contributed by atoms with van der Waals surface area (Å²) in [5.74, 6) is -0.0724. The Labute approximate surface area is 159 Å². The summed E-state index contributed by atoms with van der Waals surface area (Å²) in [4.78, 5) is 27.4. The maximum Gasteiger partial charge on any atom is 0.335 e. The van der Waals surface area contributed by atoms with Gasteiger partial charge in [-0.1, -0.05) is 23.8 Å². The summed E-state index contributed by atoms with van der Waals surface area (Å²) in [5.41, 5.74) is 2.33. The lowest BCUT2D eigenvalue weighted by molar-refractivity contribution is -0.132. The molecule has 0 aromatic heterocycles. The van der Waals surface area contributed by atoms with Gasteiger partial charge in [0.05, 0.1) is 18.6 Å². The maximum atomic E-state index is 12.4. The Morgan fingerprint density at radius 3 is 2.41 bits per heavy atom. The van der Waals surface area contributed by atoms with Crippen LogP contribution in [0.15, 0.2) is 48.5 Å². The van der Waals surface area contributed by atoms with Gasteiger partial charge in [-0.3, -0.25) is 4.79 Å². The van der Waals surface area contributed by atoms with Crippen LogP contribution in [0.5, 0.6) is 5.75 Å². The van der Waals surface area contributed by atoms with Crippen molar-refractivity contribution in [3.8, 4) is 5.75 Å². The van der Waals surface area contributed by atoms with Crippen LogP contribution in [0, 0.1) is 6.92 Å². The number of aromatic carboxylic acids is 1. The van der Waals surface area contributed by atoms with Crippen molar-refractivity contribution in [1.82, 2.24) is 4.90 Å². The second-order valence-corrected chi connectivity index (χ2v) is 6.63. The number of ether oxygens (including phenoxy) is 1. The number of carbonyl (C=O) groups is 2. The molecule has 27 heavy (non-hydrogen) atoms. The summed E-state index contributed by atoms with van der Waals surface area (Å²) < 4.78 is 5.63. The van der Waals surface area contributed by atoms with Crippen molar-refractivity contribution < 1.29 is 19.4 Å². The van der Waals surface area contributed by atoms with Gasteiger partial charge in [-0.15, -0.1) is 0 Å². The number of anilines is 1. The molecule has 6 nitrogen and oxygen atoms in total. The molecule has 1 amide bonds. The molecule has 0 saturated carbocycles. The summed E-state index contributed by atoms with van der Waals surface area (Å²) in [7, 11) is 0. The van der Waals surface area contributed by atoms with Crippen molar-refractivity contribution in [3.63, 3.8) is 0 Å². The highest BCUT2D eigenvalue weighted by molar-refractivity contribution is 5.88. The third kappa shape index (κ3) is 5.00. The zero-order valence-corrected chi connectivity index (χ0v) is 15.4. The minimum atomic E-state index is -0.931. The molecule has 6 heteroatoms. The number of rotatable bonds is 6. The highest BCUT2D eigenvalue weighted by Crippen LogP contribution is 2.19. The van der Waals surface area contributed by atoms with Crippen LogP contribution in [-0.4, -0.2) is 54.7 Å². The van der Waals surface area contributed by atoms with E-state index in [2.05, 4.69) is 4.90 Å². The fourth-order valence-corrected chi connectivity index (χ4v) is 3.10. The number of benzene rings is 2. The number of amides is 1. The number of nitrogens with zero attached hydrogens (tertiary/aromatic N) is 2. The van der Waals surface area contributed by atoms with Gasteiger partial charge in [-0.05, 0) is 37.3 Å². The van der Waals surface area contributed by atoms with E-state index in [1.54, 1.807) is 18.2 Å². The summed E-state index contributed by atoms with van der Waals surface area (Å²) in [5, 5.41) is 9.12. The molecule has 0 radical (unpaired) electrons. The van der Waals surface area contributed by atoms with Gasteiger partial charge in [0.15, 0.2) is 0 Å². The molecule has 1 N–H and O–H groups in total. The van der Waals surface area contributed by atoms with E-state index in [4.69, 9.17) is 9.84 Å². The molecule has 1 saturated heterocycles. The quantitative estimate of drug-likeness (QED) is 0.849. The molecule has 3 rings (SSSR count). The standard InChI is InChI=1S/C21H24N2O4/c1-16-5-7-19(8-6-16)27-14-9-20(24)23-12-10-22(11-13-23)18-4-2-3-17(15-18)21(25)26/h2-8,15H,9-14H2,1H3,(H,25,26). The Balaban J connectivity index is 1.45. The minimum absolute atomic E-state index is 0.0843. The van der Waals surface area contributed by atoms with E-state index in [-0.39, 0.29) is 11.5 Å². The second kappa shape index (κ2) is 8.58. The molecule has 0 spiro atoms. The van der Waals surface area contributed by atoms with Gasteiger partial charge in [0.25, 0.3) is 0 Å². The minimum Gasteiger partial charge on any atom is -0.493 e. The Bertz CT molecular complexity index is 796. The topological polar surface area (TPSA) is 70.1 Å². The largest absolute Gasteiger partial charge is 0.493 e. The van der Waals surface area contributed by atoms with Gasteiger partial charge in [0, 0.05) is 31.9 Å². The normalized spacial score (nSPS) is 14.1. The van der Waals surface area contributed by atoms with Gasteiger partial charge in [0.1, 0.15) is 5.75 Å². The number of hydrogen-bond acceptors (Lipinski definition) is 4. The molecule has 1 aliphatic heterocycles. The molecule has 0 unspecified atom stereocenters. The first kappa shape index (κ1) is 18.8. The van der Waals surface area contributed by atoms with Crippen molar-refractivity contribution in [3.05, 3.63) is 59.7 Å². The number of hydrogen-bond donors (Lipinski definition) is 1. The van der Waals surface area contributed by atoms with Crippen molar-refractivity contribution in [1.29, 1.82) is 0 Å². The highest BCUT2D eigenvalue weighted by atomic mass is 16.5. The second-order valence-electron chi connectivity index (χ2n) is 6.63. The van der Waals surface area contributed by atoms with Crippen LogP contribution in [0.1, 0.15) is 22.3 Å². The van der Waals surface area contributed by atoms with E-state index in [9.17, 15) is 9.59 Å². The zero-order valence-electron chi connectivity index (χ0n) is 15.4. The number of carbonyl (C=O) groups excluding carboxylic acids is 1. The van der Waals surface area contributed by atoms with E-state index in [0.29, 0.717) is 39.2 Å². The molecule has 1 fully saturated rings. The fourth-order valence-electron chi connectivity index (χ4n) is 3.10.